The van der Waals surface area contributed by atoms with Crippen LogP contribution in [0, 0.1) is 0 Å². The number of fused-ring (bicyclic) bond motifs is 1. The van der Waals surface area contributed by atoms with Gasteiger partial charge in [0.05, 0.1) is 43.1 Å². The first kappa shape index (κ1) is 25.7. The van der Waals surface area contributed by atoms with Crippen molar-refractivity contribution in [3.63, 3.8) is 0 Å². The molecule has 36 heavy (non-hydrogen) atoms. The first-order chi connectivity index (χ1) is 17.2. The van der Waals surface area contributed by atoms with Crippen LogP contribution in [0.1, 0.15) is 60.8 Å². The normalized spacial score (nSPS) is 14.0. The molecule has 0 unspecified atom stereocenters. The number of methoxy groups -OCH3 is 1. The van der Waals surface area contributed by atoms with Gasteiger partial charge >= 0.3 is 12.1 Å². The molecule has 1 aliphatic heterocycles. The van der Waals surface area contributed by atoms with E-state index in [0.717, 1.165) is 28.1 Å². The molecule has 190 valence electrons. The van der Waals surface area contributed by atoms with Crippen molar-refractivity contribution < 1.29 is 32.2 Å². The van der Waals surface area contributed by atoms with Gasteiger partial charge in [-0.1, -0.05) is 24.3 Å². The van der Waals surface area contributed by atoms with E-state index in [2.05, 4.69) is 10.6 Å². The Morgan fingerprint density at radius 3 is 2.44 bits per heavy atom. The van der Waals surface area contributed by atoms with E-state index in [1.165, 1.54) is 30.6 Å². The van der Waals surface area contributed by atoms with Crippen molar-refractivity contribution in [1.29, 1.82) is 0 Å². The third-order valence-electron chi connectivity index (χ3n) is 5.96. The van der Waals surface area contributed by atoms with Gasteiger partial charge in [0, 0.05) is 11.4 Å². The molecule has 1 atom stereocenters. The van der Waals surface area contributed by atoms with E-state index in [0.29, 0.717) is 41.3 Å². The van der Waals surface area contributed by atoms with Crippen molar-refractivity contribution in [1.82, 2.24) is 5.32 Å². The zero-order valence-corrected chi connectivity index (χ0v) is 20.5. The maximum absolute atomic E-state index is 13.4. The van der Waals surface area contributed by atoms with E-state index in [1.54, 1.807) is 24.3 Å². The van der Waals surface area contributed by atoms with E-state index >= 15 is 0 Å². The highest BCUT2D eigenvalue weighted by Crippen LogP contribution is 2.37. The predicted molar refractivity (Wildman–Crippen MR) is 130 cm³/mol. The summed E-state index contributed by atoms with van der Waals surface area (Å²) < 4.78 is 48.8. The van der Waals surface area contributed by atoms with E-state index in [-0.39, 0.29) is 18.5 Å². The summed E-state index contributed by atoms with van der Waals surface area (Å²) in [4.78, 5) is 26.0. The molecule has 1 aromatic heterocycles. The Balaban J connectivity index is 1.51. The molecule has 4 rings (SSSR count). The molecule has 2 N–H and O–H groups in total. The molecule has 0 saturated carbocycles. The lowest BCUT2D eigenvalue weighted by atomic mass is 10.0. The number of esters is 1. The van der Waals surface area contributed by atoms with Crippen LogP contribution in [0.2, 0.25) is 0 Å². The molecule has 0 radical (unpaired) electrons. The van der Waals surface area contributed by atoms with Crippen molar-refractivity contribution in [3.05, 3.63) is 86.8 Å². The van der Waals surface area contributed by atoms with Crippen LogP contribution in [-0.4, -0.2) is 25.6 Å². The molecule has 3 aromatic rings. The molecule has 2 aromatic carbocycles. The number of carbonyl (C=O) groups is 2. The fourth-order valence-electron chi connectivity index (χ4n) is 3.97. The van der Waals surface area contributed by atoms with Gasteiger partial charge in [0.25, 0.3) is 5.91 Å². The van der Waals surface area contributed by atoms with Gasteiger partial charge < -0.3 is 20.1 Å². The topological polar surface area (TPSA) is 76.7 Å². The Hall–Kier alpha value is -3.37. The summed E-state index contributed by atoms with van der Waals surface area (Å²) in [7, 11) is 1.31. The highest BCUT2D eigenvalue weighted by atomic mass is 32.1. The van der Waals surface area contributed by atoms with Gasteiger partial charge in [-0.2, -0.15) is 13.2 Å². The lowest BCUT2D eigenvalue weighted by molar-refractivity contribution is -0.137. The zero-order chi connectivity index (χ0) is 25.9. The number of hydrogen-bond acceptors (Lipinski definition) is 6. The Bertz CT molecular complexity index is 1240. The molecule has 0 fully saturated rings. The van der Waals surface area contributed by atoms with Crippen molar-refractivity contribution in [2.24, 2.45) is 0 Å². The summed E-state index contributed by atoms with van der Waals surface area (Å²) >= 11 is 1.42. The van der Waals surface area contributed by atoms with Crippen LogP contribution >= 0.6 is 11.3 Å². The third-order valence-corrected chi connectivity index (χ3v) is 7.12. The van der Waals surface area contributed by atoms with Crippen LogP contribution in [0.4, 0.5) is 18.2 Å². The van der Waals surface area contributed by atoms with Gasteiger partial charge in [-0.3, -0.25) is 4.79 Å². The minimum absolute atomic E-state index is 0.256. The molecule has 0 saturated heterocycles. The highest BCUT2D eigenvalue weighted by molar-refractivity contribution is 7.16. The predicted octanol–water partition coefficient (Wildman–Crippen LogP) is 5.73. The second kappa shape index (κ2) is 10.7. The second-order valence-electron chi connectivity index (χ2n) is 8.37. The number of anilines is 1. The number of hydrogen-bond donors (Lipinski definition) is 2. The maximum atomic E-state index is 13.4. The molecule has 0 aliphatic carbocycles. The molecule has 0 spiro atoms. The van der Waals surface area contributed by atoms with Crippen molar-refractivity contribution in [2.45, 2.75) is 38.7 Å². The summed E-state index contributed by atoms with van der Waals surface area (Å²) in [6.07, 6.45) is -3.79. The van der Waals surface area contributed by atoms with Crippen LogP contribution < -0.4 is 10.6 Å². The molecule has 1 aliphatic rings. The number of amides is 1. The molecular weight excluding hydrogens is 493 g/mol. The van der Waals surface area contributed by atoms with Crippen molar-refractivity contribution >= 4 is 28.2 Å². The standard InChI is InChI=1S/C26H25F3N2O4S/c1-15(17-5-7-18(8-6-17)25(33)34-2)31-23(32)22-20-11-12-35-14-21(20)36-24(22)30-13-16-3-9-19(10-4-16)26(27,28)29/h3-10,15,30H,11-14H2,1-2H3,(H,31,32)/t15-/m0/s1. The molecule has 2 heterocycles. The Labute approximate surface area is 210 Å². The molecule has 10 heteroatoms. The average Bonchev–Trinajstić information content (AvgIpc) is 3.25. The van der Waals surface area contributed by atoms with Gasteiger partial charge in [0.15, 0.2) is 0 Å². The van der Waals surface area contributed by atoms with Crippen LogP contribution in [0.15, 0.2) is 48.5 Å². The monoisotopic (exact) mass is 518 g/mol. The number of rotatable bonds is 7. The van der Waals surface area contributed by atoms with E-state index in [1.807, 2.05) is 6.92 Å². The molecule has 1 amide bonds. The van der Waals surface area contributed by atoms with E-state index in [4.69, 9.17) is 9.47 Å². The quantitative estimate of drug-likeness (QED) is 0.391. The van der Waals surface area contributed by atoms with Gasteiger partial charge in [0.2, 0.25) is 0 Å². The minimum Gasteiger partial charge on any atom is -0.465 e. The molecule has 0 bridgehead atoms. The third kappa shape index (κ3) is 5.71. The fourth-order valence-corrected chi connectivity index (χ4v) is 5.15. The molecule has 6 nitrogen and oxygen atoms in total. The first-order valence-electron chi connectivity index (χ1n) is 11.3. The zero-order valence-electron chi connectivity index (χ0n) is 19.7. The summed E-state index contributed by atoms with van der Waals surface area (Å²) in [6.45, 7) is 3.03. The minimum atomic E-state index is -4.39. The first-order valence-corrected chi connectivity index (χ1v) is 12.1. The van der Waals surface area contributed by atoms with Crippen LogP contribution in [0.5, 0.6) is 0 Å². The largest absolute Gasteiger partial charge is 0.465 e. The number of ether oxygens (including phenoxy) is 2. The highest BCUT2D eigenvalue weighted by Gasteiger charge is 2.30. The summed E-state index contributed by atoms with van der Waals surface area (Å²) in [5.74, 6) is -0.692. The molecular formula is C26H25F3N2O4S. The lowest BCUT2D eigenvalue weighted by Gasteiger charge is -2.18. The van der Waals surface area contributed by atoms with Crippen molar-refractivity contribution in [3.8, 4) is 0 Å². The van der Waals surface area contributed by atoms with E-state index in [9.17, 15) is 22.8 Å². The van der Waals surface area contributed by atoms with Crippen LogP contribution in [-0.2, 0) is 35.2 Å². The van der Waals surface area contributed by atoms with Gasteiger partial charge in [-0.25, -0.2) is 4.79 Å². The number of halogens is 3. The number of alkyl halides is 3. The second-order valence-corrected chi connectivity index (χ2v) is 9.47. The van der Waals surface area contributed by atoms with Gasteiger partial charge in [-0.05, 0) is 54.3 Å². The Kier molecular flexibility index (Phi) is 7.65. The van der Waals surface area contributed by atoms with Crippen LogP contribution in [0.3, 0.4) is 0 Å². The average molecular weight is 519 g/mol. The summed E-state index contributed by atoms with van der Waals surface area (Å²) in [6, 6.07) is 11.4. The van der Waals surface area contributed by atoms with Gasteiger partial charge in [0.1, 0.15) is 5.00 Å². The number of nitrogens with one attached hydrogen (secondary N) is 2. The number of carbonyl (C=O) groups excluding carboxylic acids is 2. The fraction of sp³-hybridized carbons (Fsp3) is 0.308. The number of benzene rings is 2. The van der Waals surface area contributed by atoms with Crippen LogP contribution in [0.25, 0.3) is 0 Å². The summed E-state index contributed by atoms with van der Waals surface area (Å²) in [5, 5.41) is 6.90. The van der Waals surface area contributed by atoms with Gasteiger partial charge in [-0.15, -0.1) is 11.3 Å². The Morgan fingerprint density at radius 1 is 1.11 bits per heavy atom. The Morgan fingerprint density at radius 2 is 1.81 bits per heavy atom. The maximum Gasteiger partial charge on any atom is 0.416 e. The van der Waals surface area contributed by atoms with Crippen molar-refractivity contribution in [2.75, 3.05) is 19.0 Å². The smallest absolute Gasteiger partial charge is 0.416 e. The number of thiophene rings is 1. The SMILES string of the molecule is COC(=O)c1ccc([C@H](C)NC(=O)c2c(NCc3ccc(C(F)(F)F)cc3)sc3c2CCOC3)cc1. The van der Waals surface area contributed by atoms with E-state index < -0.39 is 17.7 Å². The summed E-state index contributed by atoms with van der Waals surface area (Å²) in [5.41, 5.74) is 2.65. The lowest BCUT2D eigenvalue weighted by Crippen LogP contribution is -2.28.